The first-order chi connectivity index (χ1) is 11.4. The Morgan fingerprint density at radius 3 is 2.54 bits per heavy atom. The van der Waals surface area contributed by atoms with Crippen LogP contribution in [0, 0.1) is 13.8 Å². The van der Waals surface area contributed by atoms with Gasteiger partial charge in [-0.25, -0.2) is 0 Å². The SMILES string of the molecule is Cc1cc2c(C)c3ccc(Br)[nH]c3cc2c1C(C)(C)C1=CC=CC1. The highest BCUT2D eigenvalue weighted by Gasteiger charge is 2.30. The number of nitrogens with one attached hydrogen (secondary N) is 1. The van der Waals surface area contributed by atoms with Crippen LogP contribution in [-0.2, 0) is 5.41 Å². The van der Waals surface area contributed by atoms with Crippen LogP contribution in [0.4, 0.5) is 0 Å². The number of fused-ring (bicyclic) bond motifs is 2. The van der Waals surface area contributed by atoms with Crippen molar-refractivity contribution in [2.24, 2.45) is 0 Å². The fraction of sp³-hybridized carbons (Fsp3) is 0.273. The minimum Gasteiger partial charge on any atom is -0.349 e. The summed E-state index contributed by atoms with van der Waals surface area (Å²) in [5.41, 5.74) is 6.94. The largest absolute Gasteiger partial charge is 0.349 e. The van der Waals surface area contributed by atoms with E-state index < -0.39 is 0 Å². The number of rotatable bonds is 2. The maximum atomic E-state index is 3.57. The number of aryl methyl sites for hydroxylation is 2. The van der Waals surface area contributed by atoms with Gasteiger partial charge in [0.25, 0.3) is 0 Å². The molecule has 24 heavy (non-hydrogen) atoms. The van der Waals surface area contributed by atoms with E-state index in [1.54, 1.807) is 0 Å². The number of halogens is 1. The van der Waals surface area contributed by atoms with E-state index in [1.165, 1.54) is 43.9 Å². The topological polar surface area (TPSA) is 15.8 Å². The summed E-state index contributed by atoms with van der Waals surface area (Å²) >= 11 is 3.57. The molecule has 1 aliphatic carbocycles. The molecule has 0 saturated heterocycles. The maximum Gasteiger partial charge on any atom is 0.0824 e. The van der Waals surface area contributed by atoms with E-state index in [2.05, 4.69) is 91.1 Å². The van der Waals surface area contributed by atoms with Gasteiger partial charge in [0, 0.05) is 16.3 Å². The lowest BCUT2D eigenvalue weighted by Gasteiger charge is -2.28. The number of allylic oxidation sites excluding steroid dienone is 4. The molecule has 1 aromatic heterocycles. The lowest BCUT2D eigenvalue weighted by molar-refractivity contribution is 0.616. The Balaban J connectivity index is 2.06. The fourth-order valence-electron chi connectivity index (χ4n) is 4.29. The van der Waals surface area contributed by atoms with Gasteiger partial charge in [0.05, 0.1) is 4.60 Å². The van der Waals surface area contributed by atoms with Crippen molar-refractivity contribution in [3.8, 4) is 0 Å². The molecule has 0 saturated carbocycles. The standard InChI is InChI=1S/C22H22BrN/c1-13-11-17-14(2)16-9-10-20(23)24-19(16)12-18(17)21(13)22(3,4)15-7-5-6-8-15/h5-7,9-12,24H,8H2,1-4H3. The molecule has 2 aromatic carbocycles. The molecule has 2 heteroatoms. The molecule has 0 atom stereocenters. The second kappa shape index (κ2) is 5.35. The Bertz CT molecular complexity index is 1030. The maximum absolute atomic E-state index is 3.57. The highest BCUT2D eigenvalue weighted by molar-refractivity contribution is 9.10. The van der Waals surface area contributed by atoms with Gasteiger partial charge in [0.15, 0.2) is 0 Å². The van der Waals surface area contributed by atoms with Crippen molar-refractivity contribution in [2.45, 2.75) is 39.5 Å². The van der Waals surface area contributed by atoms with Crippen LogP contribution in [0.3, 0.4) is 0 Å². The molecule has 1 heterocycles. The van der Waals surface area contributed by atoms with Gasteiger partial charge >= 0.3 is 0 Å². The zero-order valence-electron chi connectivity index (χ0n) is 14.6. The van der Waals surface area contributed by atoms with Crippen molar-refractivity contribution >= 4 is 37.6 Å². The fourth-order valence-corrected chi connectivity index (χ4v) is 4.63. The molecular weight excluding hydrogens is 358 g/mol. The predicted octanol–water partition coefficient (Wildman–Crippen LogP) is 6.86. The first-order valence-electron chi connectivity index (χ1n) is 8.47. The zero-order chi connectivity index (χ0) is 17.1. The van der Waals surface area contributed by atoms with E-state index in [-0.39, 0.29) is 5.41 Å². The van der Waals surface area contributed by atoms with Crippen LogP contribution in [0.1, 0.15) is 37.0 Å². The second-order valence-electron chi connectivity index (χ2n) is 7.38. The summed E-state index contributed by atoms with van der Waals surface area (Å²) in [7, 11) is 0. The van der Waals surface area contributed by atoms with Crippen LogP contribution in [-0.4, -0.2) is 4.98 Å². The summed E-state index contributed by atoms with van der Waals surface area (Å²) in [4.78, 5) is 3.47. The van der Waals surface area contributed by atoms with Crippen molar-refractivity contribution < 1.29 is 0 Å². The number of H-pyrrole nitrogens is 1. The summed E-state index contributed by atoms with van der Waals surface area (Å²) in [6, 6.07) is 8.97. The third kappa shape index (κ3) is 2.20. The highest BCUT2D eigenvalue weighted by Crippen LogP contribution is 2.44. The van der Waals surface area contributed by atoms with Gasteiger partial charge in [-0.05, 0) is 81.9 Å². The molecule has 3 aromatic rings. The minimum absolute atomic E-state index is 0.0431. The molecular formula is C22H22BrN. The van der Waals surface area contributed by atoms with Crippen LogP contribution in [0.2, 0.25) is 0 Å². The number of hydrogen-bond acceptors (Lipinski definition) is 0. The van der Waals surface area contributed by atoms with E-state index >= 15 is 0 Å². The molecule has 0 spiro atoms. The summed E-state index contributed by atoms with van der Waals surface area (Å²) in [6.07, 6.45) is 7.78. The lowest BCUT2D eigenvalue weighted by atomic mass is 9.75. The van der Waals surface area contributed by atoms with Crippen molar-refractivity contribution in [3.05, 3.63) is 69.4 Å². The molecule has 0 fully saturated rings. The summed E-state index contributed by atoms with van der Waals surface area (Å²) in [5, 5.41) is 4.05. The second-order valence-corrected chi connectivity index (χ2v) is 8.24. The van der Waals surface area contributed by atoms with E-state index in [0.29, 0.717) is 0 Å². The Morgan fingerprint density at radius 2 is 1.83 bits per heavy atom. The summed E-state index contributed by atoms with van der Waals surface area (Å²) in [5.74, 6) is 0. The molecule has 1 N–H and O–H groups in total. The van der Waals surface area contributed by atoms with Crippen molar-refractivity contribution in [1.82, 2.24) is 4.98 Å². The number of aromatic amines is 1. The van der Waals surface area contributed by atoms with E-state index in [9.17, 15) is 0 Å². The van der Waals surface area contributed by atoms with E-state index in [0.717, 1.165) is 11.0 Å². The Hall–Kier alpha value is -1.80. The number of hydrogen-bond donors (Lipinski definition) is 1. The molecule has 0 aliphatic heterocycles. The van der Waals surface area contributed by atoms with Gasteiger partial charge in [0.1, 0.15) is 0 Å². The van der Waals surface area contributed by atoms with E-state index in [4.69, 9.17) is 0 Å². The monoisotopic (exact) mass is 379 g/mol. The number of pyridine rings is 1. The smallest absolute Gasteiger partial charge is 0.0824 e. The Labute approximate surface area is 151 Å². The summed E-state index contributed by atoms with van der Waals surface area (Å²) < 4.78 is 1.01. The molecule has 1 aliphatic rings. The quantitative estimate of drug-likeness (QED) is 0.467. The molecule has 0 radical (unpaired) electrons. The third-order valence-electron chi connectivity index (χ3n) is 5.55. The normalized spacial score (nSPS) is 14.8. The average molecular weight is 380 g/mol. The first kappa shape index (κ1) is 15.7. The highest BCUT2D eigenvalue weighted by atomic mass is 79.9. The van der Waals surface area contributed by atoms with Crippen LogP contribution < -0.4 is 0 Å². The molecule has 0 amide bonds. The van der Waals surface area contributed by atoms with Gasteiger partial charge in [0.2, 0.25) is 0 Å². The lowest BCUT2D eigenvalue weighted by Crippen LogP contribution is -2.20. The molecule has 1 nitrogen and oxygen atoms in total. The van der Waals surface area contributed by atoms with Gasteiger partial charge in [-0.15, -0.1) is 0 Å². The zero-order valence-corrected chi connectivity index (χ0v) is 16.2. The van der Waals surface area contributed by atoms with Crippen LogP contribution in [0.25, 0.3) is 21.7 Å². The summed E-state index contributed by atoms with van der Waals surface area (Å²) in [6.45, 7) is 9.21. The van der Waals surface area contributed by atoms with Gasteiger partial charge in [-0.3, -0.25) is 0 Å². The molecule has 0 bridgehead atoms. The Kier molecular flexibility index (Phi) is 3.50. The van der Waals surface area contributed by atoms with Gasteiger partial charge in [-0.2, -0.15) is 0 Å². The molecule has 4 rings (SSSR count). The first-order valence-corrected chi connectivity index (χ1v) is 9.26. The van der Waals surface area contributed by atoms with Gasteiger partial charge in [-0.1, -0.05) is 43.7 Å². The van der Waals surface area contributed by atoms with Gasteiger partial charge < -0.3 is 4.98 Å². The van der Waals surface area contributed by atoms with Crippen LogP contribution in [0.15, 0.2) is 52.7 Å². The van der Waals surface area contributed by atoms with Crippen molar-refractivity contribution in [2.75, 3.05) is 0 Å². The number of benzene rings is 1. The van der Waals surface area contributed by atoms with Crippen molar-refractivity contribution in [3.63, 3.8) is 0 Å². The average Bonchev–Trinajstić information content (AvgIpc) is 3.15. The van der Waals surface area contributed by atoms with E-state index in [1.807, 2.05) is 0 Å². The van der Waals surface area contributed by atoms with Crippen molar-refractivity contribution in [1.29, 1.82) is 0 Å². The predicted molar refractivity (Wildman–Crippen MR) is 108 cm³/mol. The Morgan fingerprint density at radius 1 is 1.04 bits per heavy atom. The molecule has 0 unspecified atom stereocenters. The molecule has 122 valence electrons. The van der Waals surface area contributed by atoms with Crippen LogP contribution >= 0.6 is 15.9 Å². The minimum atomic E-state index is 0.0431. The number of aromatic nitrogens is 1. The third-order valence-corrected chi connectivity index (χ3v) is 6.01. The van der Waals surface area contributed by atoms with Crippen LogP contribution in [0.5, 0.6) is 0 Å².